The van der Waals surface area contributed by atoms with Crippen LogP contribution in [0.1, 0.15) is 45.5 Å². The van der Waals surface area contributed by atoms with Crippen molar-refractivity contribution in [3.05, 3.63) is 34.3 Å². The van der Waals surface area contributed by atoms with E-state index in [1.54, 1.807) is 0 Å². The molecule has 0 radical (unpaired) electrons. The van der Waals surface area contributed by atoms with Crippen molar-refractivity contribution in [3.63, 3.8) is 0 Å². The minimum Gasteiger partial charge on any atom is -0.296 e. The number of amides is 2. The summed E-state index contributed by atoms with van der Waals surface area (Å²) in [6.07, 6.45) is 0. The van der Waals surface area contributed by atoms with Crippen LogP contribution in [0.3, 0.4) is 0 Å². The van der Waals surface area contributed by atoms with Gasteiger partial charge in [0.2, 0.25) is 5.13 Å². The van der Waals surface area contributed by atoms with Crippen LogP contribution in [0, 0.1) is 0 Å². The fourth-order valence-electron chi connectivity index (χ4n) is 2.17. The second-order valence-electron chi connectivity index (χ2n) is 5.54. The number of nitrogens with zero attached hydrogens (tertiary/aromatic N) is 3. The van der Waals surface area contributed by atoms with Gasteiger partial charge in [-0.2, -0.15) is 0 Å². The number of nitrogens with one attached hydrogen (secondary N) is 1. The summed E-state index contributed by atoms with van der Waals surface area (Å²) in [5.74, 6) is -0.927. The number of hydrogen-bond donors (Lipinski definition) is 1. The van der Waals surface area contributed by atoms with Crippen LogP contribution in [0.25, 0.3) is 0 Å². The molecule has 0 aliphatic carbocycles. The molecule has 2 amide bonds. The van der Waals surface area contributed by atoms with Crippen LogP contribution in [0.4, 0.5) is 5.13 Å². The van der Waals surface area contributed by atoms with E-state index in [1.165, 1.54) is 36.6 Å². The molecule has 2 heterocycles. The normalized spacial score (nSPS) is 15.7. The van der Waals surface area contributed by atoms with E-state index in [-0.39, 0.29) is 21.9 Å². The van der Waals surface area contributed by atoms with Crippen LogP contribution in [0.2, 0.25) is 0 Å². The van der Waals surface area contributed by atoms with Crippen LogP contribution in [-0.2, 0) is 10.0 Å². The Balaban J connectivity index is 1.90. The molecule has 1 aliphatic heterocycles. The Hall–Kier alpha value is -2.33. The summed E-state index contributed by atoms with van der Waals surface area (Å²) in [5, 5.41) is 11.6. The van der Waals surface area contributed by atoms with E-state index in [0.717, 1.165) is 5.01 Å². The molecular formula is C14H14N4O4S2. The number of fused-ring (bicyclic) bond motifs is 1. The van der Waals surface area contributed by atoms with Gasteiger partial charge in [0, 0.05) is 18.5 Å². The number of aromatic nitrogens is 2. The first-order chi connectivity index (χ1) is 11.2. The van der Waals surface area contributed by atoms with Gasteiger partial charge in [0.05, 0.1) is 5.56 Å². The Morgan fingerprint density at radius 2 is 2.00 bits per heavy atom. The van der Waals surface area contributed by atoms with Gasteiger partial charge in [0.1, 0.15) is 9.90 Å². The minimum absolute atomic E-state index is 0.0621. The topological polar surface area (TPSA) is 109 Å². The summed E-state index contributed by atoms with van der Waals surface area (Å²) >= 11 is 1.26. The van der Waals surface area contributed by atoms with E-state index < -0.39 is 21.8 Å². The molecule has 10 heteroatoms. The lowest BCUT2D eigenvalue weighted by atomic mass is 10.1. The zero-order valence-corrected chi connectivity index (χ0v) is 14.7. The lowest BCUT2D eigenvalue weighted by Crippen LogP contribution is -2.24. The van der Waals surface area contributed by atoms with E-state index in [4.69, 9.17) is 0 Å². The number of sulfonamides is 1. The zero-order chi connectivity index (χ0) is 17.6. The molecule has 0 unspecified atom stereocenters. The van der Waals surface area contributed by atoms with Gasteiger partial charge < -0.3 is 0 Å². The first-order valence-electron chi connectivity index (χ1n) is 7.04. The van der Waals surface area contributed by atoms with E-state index in [1.807, 2.05) is 13.8 Å². The molecule has 0 atom stereocenters. The van der Waals surface area contributed by atoms with Gasteiger partial charge in [-0.15, -0.1) is 10.2 Å². The molecule has 0 saturated heterocycles. The molecule has 2 aromatic rings. The number of hydrogen-bond acceptors (Lipinski definition) is 7. The third-order valence-corrected chi connectivity index (χ3v) is 6.47. The smallest absolute Gasteiger partial charge is 0.268 e. The van der Waals surface area contributed by atoms with Crippen molar-refractivity contribution in [2.75, 3.05) is 12.4 Å². The van der Waals surface area contributed by atoms with Gasteiger partial charge in [-0.05, 0) is 18.2 Å². The number of anilines is 1. The van der Waals surface area contributed by atoms with Crippen LogP contribution < -0.4 is 5.32 Å². The van der Waals surface area contributed by atoms with Gasteiger partial charge in [0.15, 0.2) is 0 Å². The Bertz CT molecular complexity index is 949. The minimum atomic E-state index is -3.89. The fraction of sp³-hybridized carbons (Fsp3) is 0.286. The highest BCUT2D eigenvalue weighted by molar-refractivity contribution is 7.90. The maximum atomic E-state index is 12.3. The third kappa shape index (κ3) is 2.57. The van der Waals surface area contributed by atoms with Crippen LogP contribution in [0.5, 0.6) is 0 Å². The average molecular weight is 366 g/mol. The molecule has 8 nitrogen and oxygen atoms in total. The van der Waals surface area contributed by atoms with Crippen LogP contribution >= 0.6 is 11.3 Å². The standard InChI is InChI=1S/C14H14N4O4S2/c1-7(2)12-16-17-14(23-12)15-11(19)8-4-5-9-10(6-8)24(21,22)18(3)13(9)20/h4-7H,1-3H3,(H,15,17,19). The lowest BCUT2D eigenvalue weighted by molar-refractivity contribution is 0.0890. The zero-order valence-electron chi connectivity index (χ0n) is 13.1. The van der Waals surface area contributed by atoms with E-state index in [0.29, 0.717) is 9.44 Å². The van der Waals surface area contributed by atoms with Crippen LogP contribution in [0.15, 0.2) is 23.1 Å². The van der Waals surface area contributed by atoms with Crippen molar-refractivity contribution >= 4 is 38.3 Å². The molecule has 24 heavy (non-hydrogen) atoms. The predicted octanol–water partition coefficient (Wildman–Crippen LogP) is 1.69. The van der Waals surface area contributed by atoms with Crippen molar-refractivity contribution in [3.8, 4) is 0 Å². The van der Waals surface area contributed by atoms with Crippen molar-refractivity contribution in [1.29, 1.82) is 0 Å². The summed E-state index contributed by atoms with van der Waals surface area (Å²) in [4.78, 5) is 24.0. The summed E-state index contributed by atoms with van der Waals surface area (Å²) in [6.45, 7) is 3.93. The van der Waals surface area contributed by atoms with E-state index in [2.05, 4.69) is 15.5 Å². The van der Waals surface area contributed by atoms with Gasteiger partial charge in [-0.3, -0.25) is 14.9 Å². The average Bonchev–Trinajstić information content (AvgIpc) is 3.06. The Kier molecular flexibility index (Phi) is 3.88. The van der Waals surface area contributed by atoms with Crippen molar-refractivity contribution in [2.24, 2.45) is 0 Å². The van der Waals surface area contributed by atoms with Crippen molar-refractivity contribution in [1.82, 2.24) is 14.5 Å². The van der Waals surface area contributed by atoms with Gasteiger partial charge in [-0.25, -0.2) is 12.7 Å². The molecule has 0 saturated carbocycles. The maximum Gasteiger partial charge on any atom is 0.268 e. The molecule has 3 rings (SSSR count). The van der Waals surface area contributed by atoms with Crippen molar-refractivity contribution < 1.29 is 18.0 Å². The van der Waals surface area contributed by atoms with Crippen molar-refractivity contribution in [2.45, 2.75) is 24.7 Å². The van der Waals surface area contributed by atoms with E-state index >= 15 is 0 Å². The number of rotatable bonds is 3. The maximum absolute atomic E-state index is 12.3. The van der Waals surface area contributed by atoms with Gasteiger partial charge in [-0.1, -0.05) is 25.2 Å². The molecule has 1 N–H and O–H groups in total. The molecule has 1 aromatic heterocycles. The predicted molar refractivity (Wildman–Crippen MR) is 87.7 cm³/mol. The quantitative estimate of drug-likeness (QED) is 0.885. The van der Waals surface area contributed by atoms with Gasteiger partial charge >= 0.3 is 0 Å². The first-order valence-corrected chi connectivity index (χ1v) is 9.29. The molecule has 0 bridgehead atoms. The highest BCUT2D eigenvalue weighted by Gasteiger charge is 2.38. The third-order valence-electron chi connectivity index (χ3n) is 3.55. The number of carbonyl (C=O) groups is 2. The Labute approximate surface area is 142 Å². The molecule has 0 fully saturated rings. The molecular weight excluding hydrogens is 352 g/mol. The highest BCUT2D eigenvalue weighted by atomic mass is 32.2. The SMILES string of the molecule is CC(C)c1nnc(NC(=O)c2ccc3c(c2)S(=O)(=O)N(C)C3=O)s1. The monoisotopic (exact) mass is 366 g/mol. The Morgan fingerprint density at radius 1 is 1.29 bits per heavy atom. The Morgan fingerprint density at radius 3 is 2.62 bits per heavy atom. The lowest BCUT2D eigenvalue weighted by Gasteiger charge is -2.06. The second kappa shape index (κ2) is 5.64. The number of benzene rings is 1. The highest BCUT2D eigenvalue weighted by Crippen LogP contribution is 2.30. The fourth-order valence-corrected chi connectivity index (χ4v) is 4.23. The number of carbonyl (C=O) groups excluding carboxylic acids is 2. The van der Waals surface area contributed by atoms with Gasteiger partial charge in [0.25, 0.3) is 21.8 Å². The second-order valence-corrected chi connectivity index (χ2v) is 8.49. The molecule has 1 aliphatic rings. The summed E-state index contributed by atoms with van der Waals surface area (Å²) in [6, 6.07) is 3.95. The first kappa shape index (κ1) is 16.5. The molecule has 0 spiro atoms. The largest absolute Gasteiger partial charge is 0.296 e. The summed E-state index contributed by atoms with van der Waals surface area (Å²) < 4.78 is 25.0. The molecule has 126 valence electrons. The summed E-state index contributed by atoms with van der Waals surface area (Å²) in [7, 11) is -2.70. The molecule has 1 aromatic carbocycles. The van der Waals surface area contributed by atoms with Crippen LogP contribution in [-0.4, -0.2) is 41.8 Å². The summed E-state index contributed by atoms with van der Waals surface area (Å²) in [5.41, 5.74) is 0.189. The van der Waals surface area contributed by atoms with E-state index in [9.17, 15) is 18.0 Å².